The van der Waals surface area contributed by atoms with E-state index in [1.807, 2.05) is 6.07 Å². The molecule has 0 fully saturated rings. The molecule has 9 heteroatoms. The molecule has 2 aromatic heterocycles. The molecule has 0 unspecified atom stereocenters. The molecule has 0 aromatic carbocycles. The van der Waals surface area contributed by atoms with Gasteiger partial charge in [-0.05, 0) is 12.1 Å². The van der Waals surface area contributed by atoms with Crippen molar-refractivity contribution >= 4 is 27.3 Å². The van der Waals surface area contributed by atoms with Gasteiger partial charge in [0.05, 0.1) is 5.51 Å². The zero-order chi connectivity index (χ0) is 14.6. The number of pyridine rings is 1. The van der Waals surface area contributed by atoms with Gasteiger partial charge in [0.15, 0.2) is 9.90 Å². The van der Waals surface area contributed by atoms with Crippen molar-refractivity contribution in [3.8, 4) is 0 Å². The molecule has 0 saturated heterocycles. The van der Waals surface area contributed by atoms with Gasteiger partial charge in [-0.1, -0.05) is 6.07 Å². The maximum atomic E-state index is 12.0. The highest BCUT2D eigenvalue weighted by Gasteiger charge is 2.25. The molecule has 0 saturated carbocycles. The fraction of sp³-hybridized carbons (Fsp3) is 0.182. The van der Waals surface area contributed by atoms with E-state index in [9.17, 15) is 13.2 Å². The van der Waals surface area contributed by atoms with Crippen LogP contribution in [0, 0.1) is 0 Å². The van der Waals surface area contributed by atoms with E-state index in [0.29, 0.717) is 6.42 Å². The van der Waals surface area contributed by atoms with E-state index in [4.69, 9.17) is 5.11 Å². The number of hydrogen-bond acceptors (Lipinski definition) is 6. The minimum Gasteiger partial charge on any atom is -0.476 e. The number of carboxylic acids is 1. The van der Waals surface area contributed by atoms with E-state index in [2.05, 4.69) is 14.7 Å². The number of carbonyl (C=O) groups is 1. The highest BCUT2D eigenvalue weighted by Crippen LogP contribution is 2.19. The van der Waals surface area contributed by atoms with Gasteiger partial charge < -0.3 is 5.11 Å². The predicted octanol–water partition coefficient (Wildman–Crippen LogP) is 0.757. The van der Waals surface area contributed by atoms with Crippen LogP contribution in [0.25, 0.3) is 0 Å². The number of aromatic carboxylic acids is 1. The molecular formula is C11H11N3O4S2. The van der Waals surface area contributed by atoms with E-state index in [1.54, 1.807) is 18.3 Å². The van der Waals surface area contributed by atoms with Crippen LogP contribution in [0.4, 0.5) is 0 Å². The Kier molecular flexibility index (Phi) is 4.42. The normalized spacial score (nSPS) is 11.4. The van der Waals surface area contributed by atoms with Gasteiger partial charge >= 0.3 is 5.97 Å². The Morgan fingerprint density at radius 2 is 2.15 bits per heavy atom. The van der Waals surface area contributed by atoms with Crippen LogP contribution >= 0.6 is 11.3 Å². The van der Waals surface area contributed by atoms with Gasteiger partial charge in [-0.3, -0.25) is 4.98 Å². The largest absolute Gasteiger partial charge is 0.476 e. The Balaban J connectivity index is 2.04. The molecule has 0 aliphatic heterocycles. The Hall–Kier alpha value is -1.84. The zero-order valence-corrected chi connectivity index (χ0v) is 11.8. The number of aromatic nitrogens is 2. The molecule has 0 aliphatic rings. The van der Waals surface area contributed by atoms with Crippen molar-refractivity contribution in [3.63, 3.8) is 0 Å². The summed E-state index contributed by atoms with van der Waals surface area (Å²) in [4.78, 5) is 18.5. The predicted molar refractivity (Wildman–Crippen MR) is 72.2 cm³/mol. The SMILES string of the molecule is O=C(O)c1ncsc1S(=O)(=O)NCCc1ccccn1. The lowest BCUT2D eigenvalue weighted by atomic mass is 10.3. The number of sulfonamides is 1. The molecular weight excluding hydrogens is 302 g/mol. The summed E-state index contributed by atoms with van der Waals surface area (Å²) in [7, 11) is -3.87. The molecule has 0 radical (unpaired) electrons. The average Bonchev–Trinajstić information content (AvgIpc) is 2.90. The lowest BCUT2D eigenvalue weighted by Gasteiger charge is -2.05. The van der Waals surface area contributed by atoms with Crippen molar-refractivity contribution in [2.45, 2.75) is 10.6 Å². The third-order valence-corrected chi connectivity index (χ3v) is 5.21. The third-order valence-electron chi connectivity index (χ3n) is 2.38. The number of rotatable bonds is 6. The fourth-order valence-electron chi connectivity index (χ4n) is 1.49. The van der Waals surface area contributed by atoms with Crippen LogP contribution in [-0.4, -0.2) is 36.0 Å². The minimum atomic E-state index is -3.87. The first-order chi connectivity index (χ1) is 9.50. The lowest BCUT2D eigenvalue weighted by molar-refractivity contribution is 0.0687. The van der Waals surface area contributed by atoms with Crippen LogP contribution in [0.2, 0.25) is 0 Å². The number of thiazole rings is 1. The van der Waals surface area contributed by atoms with Gasteiger partial charge in [0.1, 0.15) is 0 Å². The number of nitrogens with one attached hydrogen (secondary N) is 1. The zero-order valence-electron chi connectivity index (χ0n) is 10.2. The lowest BCUT2D eigenvalue weighted by Crippen LogP contribution is -2.26. The molecule has 0 amide bonds. The second kappa shape index (κ2) is 6.07. The summed E-state index contributed by atoms with van der Waals surface area (Å²) in [6, 6.07) is 5.36. The summed E-state index contributed by atoms with van der Waals surface area (Å²) in [5.41, 5.74) is 1.48. The summed E-state index contributed by atoms with van der Waals surface area (Å²) in [6.45, 7) is 0.135. The molecule has 2 rings (SSSR count). The highest BCUT2D eigenvalue weighted by molar-refractivity contribution is 7.91. The topological polar surface area (TPSA) is 109 Å². The van der Waals surface area contributed by atoms with Gasteiger partial charge in [0, 0.05) is 24.9 Å². The van der Waals surface area contributed by atoms with E-state index in [0.717, 1.165) is 17.0 Å². The molecule has 2 aromatic rings. The van der Waals surface area contributed by atoms with Crippen LogP contribution in [-0.2, 0) is 16.4 Å². The summed E-state index contributed by atoms with van der Waals surface area (Å²) in [5, 5.41) is 8.86. The van der Waals surface area contributed by atoms with Crippen LogP contribution in [0.3, 0.4) is 0 Å². The fourth-order valence-corrected chi connectivity index (χ4v) is 3.71. The van der Waals surface area contributed by atoms with E-state index >= 15 is 0 Å². The monoisotopic (exact) mass is 313 g/mol. The second-order valence-electron chi connectivity index (χ2n) is 3.76. The van der Waals surface area contributed by atoms with Crippen molar-refractivity contribution in [1.82, 2.24) is 14.7 Å². The minimum absolute atomic E-state index is 0.135. The molecule has 106 valence electrons. The maximum absolute atomic E-state index is 12.0. The number of carboxylic acid groups (broad SMARTS) is 1. The van der Waals surface area contributed by atoms with E-state index in [1.165, 1.54) is 5.51 Å². The third kappa shape index (κ3) is 3.38. The molecule has 2 N–H and O–H groups in total. The van der Waals surface area contributed by atoms with Gasteiger partial charge in [0.25, 0.3) is 10.0 Å². The first-order valence-corrected chi connectivity index (χ1v) is 7.93. The van der Waals surface area contributed by atoms with Crippen LogP contribution in [0.15, 0.2) is 34.1 Å². The Morgan fingerprint density at radius 1 is 1.35 bits per heavy atom. The van der Waals surface area contributed by atoms with Gasteiger partial charge in [0.2, 0.25) is 0 Å². The first kappa shape index (κ1) is 14.6. The first-order valence-electron chi connectivity index (χ1n) is 5.57. The maximum Gasteiger partial charge on any atom is 0.356 e. The van der Waals surface area contributed by atoms with Crippen LogP contribution in [0.5, 0.6) is 0 Å². The Morgan fingerprint density at radius 3 is 2.80 bits per heavy atom. The number of hydrogen-bond donors (Lipinski definition) is 2. The summed E-state index contributed by atoms with van der Waals surface area (Å²) in [6.07, 6.45) is 2.04. The molecule has 0 bridgehead atoms. The van der Waals surface area contributed by atoms with Crippen molar-refractivity contribution in [2.24, 2.45) is 0 Å². The summed E-state index contributed by atoms with van der Waals surface area (Å²) < 4.78 is 26.0. The summed E-state index contributed by atoms with van der Waals surface area (Å²) in [5.74, 6) is -1.36. The Labute approximate surface area is 119 Å². The highest BCUT2D eigenvalue weighted by atomic mass is 32.2. The second-order valence-corrected chi connectivity index (χ2v) is 6.58. The van der Waals surface area contributed by atoms with Gasteiger partial charge in [-0.2, -0.15) is 0 Å². The summed E-state index contributed by atoms with van der Waals surface area (Å²) >= 11 is 0.773. The number of nitrogens with zero attached hydrogens (tertiary/aromatic N) is 2. The van der Waals surface area contributed by atoms with Crippen molar-refractivity contribution in [2.75, 3.05) is 6.54 Å². The van der Waals surface area contributed by atoms with Crippen LogP contribution in [0.1, 0.15) is 16.2 Å². The molecule has 2 heterocycles. The molecule has 0 atom stereocenters. The van der Waals surface area contributed by atoms with E-state index < -0.39 is 21.7 Å². The van der Waals surface area contributed by atoms with E-state index in [-0.39, 0.29) is 10.8 Å². The van der Waals surface area contributed by atoms with Crippen molar-refractivity contribution in [1.29, 1.82) is 0 Å². The van der Waals surface area contributed by atoms with Crippen LogP contribution < -0.4 is 4.72 Å². The smallest absolute Gasteiger partial charge is 0.356 e. The van der Waals surface area contributed by atoms with Gasteiger partial charge in [-0.15, -0.1) is 11.3 Å². The molecule has 0 spiro atoms. The van der Waals surface area contributed by atoms with Crippen molar-refractivity contribution < 1.29 is 18.3 Å². The quantitative estimate of drug-likeness (QED) is 0.814. The Bertz CT molecular complexity index is 697. The standard InChI is InChI=1S/C11H11N3O4S2/c15-10(16)9-11(19-7-13-9)20(17,18)14-6-4-8-3-1-2-5-12-8/h1-3,5,7,14H,4,6H2,(H,15,16). The van der Waals surface area contributed by atoms with Gasteiger partial charge in [-0.25, -0.2) is 22.9 Å². The molecule has 0 aliphatic carbocycles. The average molecular weight is 313 g/mol. The van der Waals surface area contributed by atoms with Crippen molar-refractivity contribution in [3.05, 3.63) is 41.3 Å². The molecule has 7 nitrogen and oxygen atoms in total. The molecule has 20 heavy (non-hydrogen) atoms.